The summed E-state index contributed by atoms with van der Waals surface area (Å²) in [5.41, 5.74) is 12.4. The van der Waals surface area contributed by atoms with Gasteiger partial charge in [-0.3, -0.25) is 15.0 Å². The summed E-state index contributed by atoms with van der Waals surface area (Å²) >= 11 is 0. The zero-order valence-corrected chi connectivity index (χ0v) is 21.8. The van der Waals surface area contributed by atoms with E-state index in [0.717, 1.165) is 33.5 Å². The van der Waals surface area contributed by atoms with E-state index in [9.17, 15) is 0 Å². The van der Waals surface area contributed by atoms with Gasteiger partial charge in [-0.1, -0.05) is 55.4 Å². The number of imidazole rings is 1. The molecule has 0 saturated heterocycles. The van der Waals surface area contributed by atoms with Crippen molar-refractivity contribution in [2.75, 3.05) is 13.8 Å². The van der Waals surface area contributed by atoms with Crippen LogP contribution in [0.1, 0.15) is 36.9 Å². The molecule has 1 aliphatic rings. The molecule has 0 radical (unpaired) electrons. The second-order valence-electron chi connectivity index (χ2n) is 9.26. The highest BCUT2D eigenvalue weighted by Crippen LogP contribution is 2.30. The molecule has 198 valence electrons. The van der Waals surface area contributed by atoms with Gasteiger partial charge in [0, 0.05) is 16.9 Å². The number of benzene rings is 3. The molecular formula is C28H28N8O3. The van der Waals surface area contributed by atoms with Gasteiger partial charge < -0.3 is 14.0 Å². The number of hydrogen-bond donors (Lipinski definition) is 3. The molecule has 5 aromatic rings. The largest absolute Gasteiger partial charge is 0.497 e. The molecule has 0 saturated carbocycles. The Kier molecular flexibility index (Phi) is 6.66. The van der Waals surface area contributed by atoms with E-state index in [1.165, 1.54) is 0 Å². The number of amidine groups is 1. The molecule has 0 fully saturated rings. The Balaban J connectivity index is 1.21. The first-order valence-corrected chi connectivity index (χ1v) is 12.6. The van der Waals surface area contributed by atoms with Gasteiger partial charge in [-0.2, -0.15) is 10.5 Å². The van der Waals surface area contributed by atoms with E-state index < -0.39 is 0 Å². The molecule has 0 spiro atoms. The first-order chi connectivity index (χ1) is 19.1. The molecule has 11 heteroatoms. The minimum absolute atomic E-state index is 0.123. The number of methoxy groups -OCH3 is 1. The van der Waals surface area contributed by atoms with Crippen LogP contribution in [0.25, 0.3) is 28.0 Å². The monoisotopic (exact) mass is 524 g/mol. The third kappa shape index (κ3) is 4.80. The quantitative estimate of drug-likeness (QED) is 0.156. The maximum atomic E-state index is 5.95. The highest BCUT2D eigenvalue weighted by atomic mass is 16.5. The summed E-state index contributed by atoms with van der Waals surface area (Å²) in [5.74, 6) is 3.26. The molecule has 0 amide bonds. The van der Waals surface area contributed by atoms with Crippen molar-refractivity contribution < 1.29 is 14.0 Å². The first-order valence-electron chi connectivity index (χ1n) is 12.6. The lowest BCUT2D eigenvalue weighted by Crippen LogP contribution is -2.48. The minimum atomic E-state index is 0.123. The summed E-state index contributed by atoms with van der Waals surface area (Å²) in [7, 11) is 1.64. The normalized spacial score (nSPS) is 12.6. The van der Waals surface area contributed by atoms with E-state index in [4.69, 9.17) is 19.0 Å². The van der Waals surface area contributed by atoms with Crippen molar-refractivity contribution in [2.24, 2.45) is 4.99 Å². The molecule has 1 aliphatic heterocycles. The predicted molar refractivity (Wildman–Crippen MR) is 147 cm³/mol. The highest BCUT2D eigenvalue weighted by Gasteiger charge is 2.24. The molecule has 0 unspecified atom stereocenters. The summed E-state index contributed by atoms with van der Waals surface area (Å²) in [6, 6.07) is 19.9. The van der Waals surface area contributed by atoms with Crippen LogP contribution >= 0.6 is 0 Å². The van der Waals surface area contributed by atoms with E-state index in [2.05, 4.69) is 43.6 Å². The summed E-state index contributed by atoms with van der Waals surface area (Å²) in [6.07, 6.45) is 1.75. The summed E-state index contributed by atoms with van der Waals surface area (Å²) < 4.78 is 18.9. The van der Waals surface area contributed by atoms with Crippen LogP contribution in [0.2, 0.25) is 0 Å². The Labute approximate surface area is 224 Å². The van der Waals surface area contributed by atoms with Crippen LogP contribution in [0.4, 0.5) is 0 Å². The maximum absolute atomic E-state index is 5.95. The fourth-order valence-corrected chi connectivity index (χ4v) is 4.45. The van der Waals surface area contributed by atoms with Gasteiger partial charge in [0.2, 0.25) is 11.7 Å². The molecule has 2 aromatic heterocycles. The molecule has 0 atom stereocenters. The van der Waals surface area contributed by atoms with E-state index >= 15 is 0 Å². The molecule has 39 heavy (non-hydrogen) atoms. The van der Waals surface area contributed by atoms with Crippen molar-refractivity contribution >= 4 is 16.6 Å². The van der Waals surface area contributed by atoms with Crippen molar-refractivity contribution in [2.45, 2.75) is 26.3 Å². The van der Waals surface area contributed by atoms with Crippen molar-refractivity contribution in [1.82, 2.24) is 36.1 Å². The smallest absolute Gasteiger partial charge is 0.229 e. The number of nitrogens with zero attached hydrogens (tertiary/aromatic N) is 5. The Bertz CT molecular complexity index is 1650. The lowest BCUT2D eigenvalue weighted by molar-refractivity contribution is 0.257. The topological polar surface area (TPSA) is 124 Å². The first kappa shape index (κ1) is 24.6. The number of nitrogens with one attached hydrogen (secondary N) is 3. The minimum Gasteiger partial charge on any atom is -0.497 e. The Morgan fingerprint density at radius 3 is 2.79 bits per heavy atom. The van der Waals surface area contributed by atoms with Crippen LogP contribution < -0.4 is 25.9 Å². The van der Waals surface area contributed by atoms with Crippen molar-refractivity contribution in [1.29, 1.82) is 0 Å². The number of rotatable bonds is 8. The van der Waals surface area contributed by atoms with E-state index in [0.29, 0.717) is 35.5 Å². The van der Waals surface area contributed by atoms with Gasteiger partial charge in [-0.15, -0.1) is 0 Å². The number of hydrazine groups is 2. The molecule has 3 aromatic carbocycles. The van der Waals surface area contributed by atoms with E-state index in [1.54, 1.807) is 13.4 Å². The average molecular weight is 525 g/mol. The summed E-state index contributed by atoms with van der Waals surface area (Å²) in [4.78, 5) is 14.0. The molecule has 3 N–H and O–H groups in total. The standard InChI is InChI=1S/C28H28N8O3/c1-17(2)28-32-27(34-39-28)25-23-14-29-26(21-13-19(37-3)11-12-22(21)36(23)15-30-25)33-35-31-16-38-24-10-6-8-18-7-4-5-9-20(18)24/h4-13,15,17,31,35H,14,16H2,1-3H3,(H,29,33). The number of aromatic nitrogens is 4. The lowest BCUT2D eigenvalue weighted by atomic mass is 10.1. The SMILES string of the molecule is COc1ccc2c(c1)C(NNNCOc1cccc3ccccc13)=NCc1c(-c3noc(C(C)C)n3)ncn1-2. The van der Waals surface area contributed by atoms with Crippen LogP contribution in [-0.2, 0) is 6.54 Å². The second-order valence-corrected chi connectivity index (χ2v) is 9.26. The Morgan fingerprint density at radius 2 is 1.95 bits per heavy atom. The summed E-state index contributed by atoms with van der Waals surface area (Å²) in [6.45, 7) is 4.58. The van der Waals surface area contributed by atoms with Gasteiger partial charge in [0.1, 0.15) is 29.4 Å². The zero-order valence-electron chi connectivity index (χ0n) is 21.8. The third-order valence-electron chi connectivity index (χ3n) is 6.44. The Morgan fingerprint density at radius 1 is 1.08 bits per heavy atom. The molecule has 0 aliphatic carbocycles. The fourth-order valence-electron chi connectivity index (χ4n) is 4.45. The Hall–Kier alpha value is -4.74. The van der Waals surface area contributed by atoms with Gasteiger partial charge in [0.05, 0.1) is 25.0 Å². The number of hydrogen-bond acceptors (Lipinski definition) is 10. The van der Waals surface area contributed by atoms with Crippen LogP contribution in [0.15, 0.2) is 76.5 Å². The van der Waals surface area contributed by atoms with Gasteiger partial charge >= 0.3 is 0 Å². The zero-order chi connectivity index (χ0) is 26.8. The van der Waals surface area contributed by atoms with Gasteiger partial charge in [-0.05, 0) is 29.7 Å². The third-order valence-corrected chi connectivity index (χ3v) is 6.44. The average Bonchev–Trinajstić information content (AvgIpc) is 3.59. The van der Waals surface area contributed by atoms with Crippen molar-refractivity contribution in [3.05, 3.63) is 84.1 Å². The molecular weight excluding hydrogens is 496 g/mol. The van der Waals surface area contributed by atoms with Crippen molar-refractivity contribution in [3.8, 4) is 28.7 Å². The molecule has 3 heterocycles. The highest BCUT2D eigenvalue weighted by molar-refractivity contribution is 6.02. The number of fused-ring (bicyclic) bond motifs is 4. The number of ether oxygens (including phenoxy) is 2. The van der Waals surface area contributed by atoms with Crippen molar-refractivity contribution in [3.63, 3.8) is 0 Å². The molecule has 0 bridgehead atoms. The van der Waals surface area contributed by atoms with Gasteiger partial charge in [0.25, 0.3) is 0 Å². The van der Waals surface area contributed by atoms with Crippen LogP contribution in [-0.4, -0.2) is 39.4 Å². The van der Waals surface area contributed by atoms with E-state index in [1.807, 2.05) is 66.9 Å². The fraction of sp³-hybridized carbons (Fsp3) is 0.214. The molecule has 6 rings (SSSR count). The van der Waals surface area contributed by atoms with Crippen LogP contribution in [0.5, 0.6) is 11.5 Å². The van der Waals surface area contributed by atoms with Crippen LogP contribution in [0.3, 0.4) is 0 Å². The van der Waals surface area contributed by atoms with Gasteiger partial charge in [0.15, 0.2) is 6.73 Å². The molecule has 11 nitrogen and oxygen atoms in total. The van der Waals surface area contributed by atoms with Gasteiger partial charge in [-0.25, -0.2) is 10.4 Å². The maximum Gasteiger partial charge on any atom is 0.229 e. The van der Waals surface area contributed by atoms with E-state index in [-0.39, 0.29) is 12.6 Å². The lowest BCUT2D eigenvalue weighted by Gasteiger charge is -2.16. The second kappa shape index (κ2) is 10.6. The summed E-state index contributed by atoms with van der Waals surface area (Å²) in [5, 5.41) is 6.33. The predicted octanol–water partition coefficient (Wildman–Crippen LogP) is 4.10. The van der Waals surface area contributed by atoms with Crippen LogP contribution in [0, 0.1) is 0 Å². The number of aliphatic imine (C=N–C) groups is 1.